The zero-order valence-corrected chi connectivity index (χ0v) is 9.26. The molecule has 1 aromatic heterocycles. The number of piperidine rings is 1. The molecule has 1 aromatic rings. The maximum absolute atomic E-state index is 12.1. The molecule has 6 heteroatoms. The summed E-state index contributed by atoms with van der Waals surface area (Å²) in [6.07, 6.45) is 2.47. The standard InChI is InChI=1S/C10H16N4O2/c1-13-9(11)8(6-12-13)10(16)14-4-2-7(15)3-5-14/h6-7,15H,2-5,11H2,1H3. The molecule has 16 heavy (non-hydrogen) atoms. The Balaban J connectivity index is 2.11. The smallest absolute Gasteiger partial charge is 0.259 e. The number of nitrogen functional groups attached to an aromatic ring is 1. The summed E-state index contributed by atoms with van der Waals surface area (Å²) in [5.41, 5.74) is 6.18. The average Bonchev–Trinajstić information content (AvgIpc) is 2.60. The van der Waals surface area contributed by atoms with E-state index in [2.05, 4.69) is 5.10 Å². The van der Waals surface area contributed by atoms with Gasteiger partial charge in [0.2, 0.25) is 0 Å². The summed E-state index contributed by atoms with van der Waals surface area (Å²) in [5, 5.41) is 13.3. The van der Waals surface area contributed by atoms with Crippen LogP contribution in [0.15, 0.2) is 6.20 Å². The van der Waals surface area contributed by atoms with Crippen LogP contribution >= 0.6 is 0 Å². The largest absolute Gasteiger partial charge is 0.393 e. The van der Waals surface area contributed by atoms with Gasteiger partial charge in [-0.15, -0.1) is 0 Å². The van der Waals surface area contributed by atoms with Crippen molar-refractivity contribution in [3.8, 4) is 0 Å². The second-order valence-electron chi connectivity index (χ2n) is 4.09. The van der Waals surface area contributed by atoms with Crippen molar-refractivity contribution < 1.29 is 9.90 Å². The number of carbonyl (C=O) groups is 1. The maximum Gasteiger partial charge on any atom is 0.259 e. The summed E-state index contributed by atoms with van der Waals surface area (Å²) in [6, 6.07) is 0. The molecule has 6 nitrogen and oxygen atoms in total. The quantitative estimate of drug-likeness (QED) is 0.679. The summed E-state index contributed by atoms with van der Waals surface area (Å²) in [6.45, 7) is 1.16. The number of aromatic nitrogens is 2. The molecule has 2 heterocycles. The molecule has 1 amide bonds. The number of likely N-dealkylation sites (tertiary alicyclic amines) is 1. The number of carbonyl (C=O) groups excluding carboxylic acids is 1. The Labute approximate surface area is 93.6 Å². The van der Waals surface area contributed by atoms with Crippen molar-refractivity contribution in [2.24, 2.45) is 7.05 Å². The van der Waals surface area contributed by atoms with Gasteiger partial charge in [0, 0.05) is 20.1 Å². The fourth-order valence-corrected chi connectivity index (χ4v) is 1.85. The van der Waals surface area contributed by atoms with Gasteiger partial charge >= 0.3 is 0 Å². The first-order valence-corrected chi connectivity index (χ1v) is 5.34. The van der Waals surface area contributed by atoms with Crippen molar-refractivity contribution in [3.05, 3.63) is 11.8 Å². The second-order valence-corrected chi connectivity index (χ2v) is 4.09. The lowest BCUT2D eigenvalue weighted by Crippen LogP contribution is -2.40. The number of aliphatic hydroxyl groups is 1. The summed E-state index contributed by atoms with van der Waals surface area (Å²) < 4.78 is 1.48. The molecule has 1 saturated heterocycles. The van der Waals surface area contributed by atoms with Crippen LogP contribution in [-0.2, 0) is 7.05 Å². The van der Waals surface area contributed by atoms with Crippen LogP contribution in [0.1, 0.15) is 23.2 Å². The summed E-state index contributed by atoms with van der Waals surface area (Å²) in [4.78, 5) is 13.8. The van der Waals surface area contributed by atoms with Crippen molar-refractivity contribution >= 4 is 11.7 Å². The van der Waals surface area contributed by atoms with E-state index in [4.69, 9.17) is 5.73 Å². The number of nitrogens with zero attached hydrogens (tertiary/aromatic N) is 3. The first kappa shape index (κ1) is 10.9. The minimum Gasteiger partial charge on any atom is -0.393 e. The highest BCUT2D eigenvalue weighted by molar-refractivity contribution is 5.98. The van der Waals surface area contributed by atoms with Crippen molar-refractivity contribution in [3.63, 3.8) is 0 Å². The highest BCUT2D eigenvalue weighted by atomic mass is 16.3. The van der Waals surface area contributed by atoms with E-state index < -0.39 is 0 Å². The lowest BCUT2D eigenvalue weighted by molar-refractivity contribution is 0.0547. The molecule has 0 bridgehead atoms. The Morgan fingerprint density at radius 3 is 2.69 bits per heavy atom. The topological polar surface area (TPSA) is 84.4 Å². The fourth-order valence-electron chi connectivity index (χ4n) is 1.85. The third kappa shape index (κ3) is 1.88. The molecular formula is C10H16N4O2. The zero-order chi connectivity index (χ0) is 11.7. The Bertz CT molecular complexity index is 394. The van der Waals surface area contributed by atoms with Gasteiger partial charge in [0.1, 0.15) is 11.4 Å². The van der Waals surface area contributed by atoms with Crippen LogP contribution in [0.2, 0.25) is 0 Å². The van der Waals surface area contributed by atoms with Gasteiger partial charge in [-0.25, -0.2) is 0 Å². The summed E-state index contributed by atoms with van der Waals surface area (Å²) in [7, 11) is 1.70. The van der Waals surface area contributed by atoms with Crippen LogP contribution in [0.5, 0.6) is 0 Å². The summed E-state index contributed by atoms with van der Waals surface area (Å²) in [5.74, 6) is 0.286. The number of anilines is 1. The van der Waals surface area contributed by atoms with Gasteiger partial charge in [-0.3, -0.25) is 9.48 Å². The zero-order valence-electron chi connectivity index (χ0n) is 9.26. The fraction of sp³-hybridized carbons (Fsp3) is 0.600. The minimum absolute atomic E-state index is 0.0995. The highest BCUT2D eigenvalue weighted by Gasteiger charge is 2.24. The lowest BCUT2D eigenvalue weighted by atomic mass is 10.1. The predicted molar refractivity (Wildman–Crippen MR) is 58.8 cm³/mol. The average molecular weight is 224 g/mol. The number of aliphatic hydroxyl groups excluding tert-OH is 1. The lowest BCUT2D eigenvalue weighted by Gasteiger charge is -2.29. The van der Waals surface area contributed by atoms with E-state index >= 15 is 0 Å². The minimum atomic E-state index is -0.282. The van der Waals surface area contributed by atoms with E-state index in [1.165, 1.54) is 10.9 Å². The Morgan fingerprint density at radius 2 is 2.19 bits per heavy atom. The van der Waals surface area contributed by atoms with Gasteiger partial charge in [-0.2, -0.15) is 5.10 Å². The van der Waals surface area contributed by atoms with Gasteiger partial charge in [0.05, 0.1) is 12.3 Å². The molecular weight excluding hydrogens is 208 g/mol. The predicted octanol–water partition coefficient (Wildman–Crippen LogP) is -0.401. The van der Waals surface area contributed by atoms with Gasteiger partial charge in [-0.1, -0.05) is 0 Å². The monoisotopic (exact) mass is 224 g/mol. The van der Waals surface area contributed by atoms with Gasteiger partial charge in [0.25, 0.3) is 5.91 Å². The Kier molecular flexibility index (Phi) is 2.82. The van der Waals surface area contributed by atoms with Crippen LogP contribution in [-0.4, -0.2) is 44.9 Å². The molecule has 2 rings (SSSR count). The van der Waals surface area contributed by atoms with Crippen molar-refractivity contribution in [1.29, 1.82) is 0 Å². The molecule has 3 N–H and O–H groups in total. The maximum atomic E-state index is 12.1. The third-order valence-electron chi connectivity index (χ3n) is 2.97. The molecule has 1 fully saturated rings. The molecule has 0 aromatic carbocycles. The number of aryl methyl sites for hydroxylation is 1. The molecule has 1 aliphatic heterocycles. The molecule has 0 radical (unpaired) electrons. The van der Waals surface area contributed by atoms with Crippen LogP contribution in [0.25, 0.3) is 0 Å². The van der Waals surface area contributed by atoms with Gasteiger partial charge in [-0.05, 0) is 12.8 Å². The molecule has 0 aliphatic carbocycles. The van der Waals surface area contributed by atoms with Crippen LogP contribution in [0.3, 0.4) is 0 Å². The Hall–Kier alpha value is -1.56. The van der Waals surface area contributed by atoms with E-state index in [1.54, 1.807) is 11.9 Å². The number of amides is 1. The normalized spacial score (nSPS) is 17.8. The SMILES string of the molecule is Cn1ncc(C(=O)N2CCC(O)CC2)c1N. The van der Waals surface area contributed by atoms with Crippen molar-refractivity contribution in [2.75, 3.05) is 18.8 Å². The molecule has 1 aliphatic rings. The number of hydrogen-bond donors (Lipinski definition) is 2. The number of rotatable bonds is 1. The molecule has 0 atom stereocenters. The van der Waals surface area contributed by atoms with Crippen LogP contribution in [0.4, 0.5) is 5.82 Å². The van der Waals surface area contributed by atoms with E-state index in [1.807, 2.05) is 0 Å². The first-order valence-electron chi connectivity index (χ1n) is 5.34. The van der Waals surface area contributed by atoms with E-state index in [0.29, 0.717) is 37.3 Å². The van der Waals surface area contributed by atoms with Crippen molar-refractivity contribution in [2.45, 2.75) is 18.9 Å². The highest BCUT2D eigenvalue weighted by Crippen LogP contribution is 2.17. The number of nitrogens with two attached hydrogens (primary N) is 1. The van der Waals surface area contributed by atoms with Crippen LogP contribution in [0, 0.1) is 0 Å². The third-order valence-corrected chi connectivity index (χ3v) is 2.97. The summed E-state index contributed by atoms with van der Waals surface area (Å²) >= 11 is 0. The van der Waals surface area contributed by atoms with Crippen LogP contribution < -0.4 is 5.73 Å². The van der Waals surface area contributed by atoms with Gasteiger partial charge in [0.15, 0.2) is 0 Å². The van der Waals surface area contributed by atoms with Crippen molar-refractivity contribution in [1.82, 2.24) is 14.7 Å². The second kappa shape index (κ2) is 4.13. The molecule has 88 valence electrons. The van der Waals surface area contributed by atoms with E-state index in [9.17, 15) is 9.90 Å². The Morgan fingerprint density at radius 1 is 1.56 bits per heavy atom. The first-order chi connectivity index (χ1) is 7.59. The molecule has 0 unspecified atom stereocenters. The molecule has 0 saturated carbocycles. The van der Waals surface area contributed by atoms with E-state index in [-0.39, 0.29) is 12.0 Å². The number of hydrogen-bond acceptors (Lipinski definition) is 4. The van der Waals surface area contributed by atoms with E-state index in [0.717, 1.165) is 0 Å². The molecule has 0 spiro atoms. The van der Waals surface area contributed by atoms with Gasteiger partial charge < -0.3 is 15.7 Å².